The van der Waals surface area contributed by atoms with Gasteiger partial charge in [0.05, 0.1) is 17.9 Å². The summed E-state index contributed by atoms with van der Waals surface area (Å²) < 4.78 is 11.3. The van der Waals surface area contributed by atoms with Gasteiger partial charge >= 0.3 is 0 Å². The van der Waals surface area contributed by atoms with Crippen LogP contribution >= 0.6 is 0 Å². The van der Waals surface area contributed by atoms with E-state index in [-0.39, 0.29) is 12.2 Å². The number of oxazole rings is 1. The van der Waals surface area contributed by atoms with Crippen LogP contribution in [0.3, 0.4) is 0 Å². The maximum absolute atomic E-state index is 5.74. The first kappa shape index (κ1) is 13.3. The SMILES string of the molecule is CC1CN(Cc2coc(-c3ccccc3)n2)CC(C)O1. The minimum Gasteiger partial charge on any atom is -0.444 e. The van der Waals surface area contributed by atoms with Gasteiger partial charge in [0.25, 0.3) is 0 Å². The van der Waals surface area contributed by atoms with Gasteiger partial charge in [-0.05, 0) is 26.0 Å². The Morgan fingerprint density at radius 2 is 1.85 bits per heavy atom. The quantitative estimate of drug-likeness (QED) is 0.861. The van der Waals surface area contributed by atoms with Crippen LogP contribution in [0.5, 0.6) is 0 Å². The molecule has 0 radical (unpaired) electrons. The van der Waals surface area contributed by atoms with Crippen molar-refractivity contribution in [2.45, 2.75) is 32.6 Å². The summed E-state index contributed by atoms with van der Waals surface area (Å²) in [5.74, 6) is 0.690. The molecule has 1 fully saturated rings. The van der Waals surface area contributed by atoms with Crippen molar-refractivity contribution in [1.82, 2.24) is 9.88 Å². The molecule has 20 heavy (non-hydrogen) atoms. The Balaban J connectivity index is 1.68. The fraction of sp³-hybridized carbons (Fsp3) is 0.438. The Bertz CT molecular complexity index is 543. The molecular weight excluding hydrogens is 252 g/mol. The number of benzene rings is 1. The van der Waals surface area contributed by atoms with Gasteiger partial charge in [-0.3, -0.25) is 4.90 Å². The molecule has 0 saturated carbocycles. The highest BCUT2D eigenvalue weighted by Crippen LogP contribution is 2.20. The van der Waals surface area contributed by atoms with E-state index >= 15 is 0 Å². The molecule has 0 bridgehead atoms. The average Bonchev–Trinajstić information content (AvgIpc) is 2.87. The molecule has 4 heteroatoms. The van der Waals surface area contributed by atoms with Gasteiger partial charge in [-0.15, -0.1) is 0 Å². The molecule has 2 unspecified atom stereocenters. The first-order valence-electron chi connectivity index (χ1n) is 7.08. The molecule has 1 aromatic heterocycles. The van der Waals surface area contributed by atoms with E-state index < -0.39 is 0 Å². The molecule has 106 valence electrons. The lowest BCUT2D eigenvalue weighted by Gasteiger charge is -2.34. The lowest BCUT2D eigenvalue weighted by Crippen LogP contribution is -2.44. The van der Waals surface area contributed by atoms with E-state index in [2.05, 4.69) is 23.7 Å². The van der Waals surface area contributed by atoms with E-state index in [1.807, 2.05) is 30.3 Å². The molecule has 1 aliphatic rings. The molecule has 0 aliphatic carbocycles. The molecule has 0 N–H and O–H groups in total. The molecule has 2 aromatic rings. The second-order valence-electron chi connectivity index (χ2n) is 5.46. The fourth-order valence-electron chi connectivity index (χ4n) is 2.74. The van der Waals surface area contributed by atoms with E-state index in [1.54, 1.807) is 6.26 Å². The summed E-state index contributed by atoms with van der Waals surface area (Å²) in [5, 5.41) is 0. The van der Waals surface area contributed by atoms with Crippen LogP contribution in [-0.2, 0) is 11.3 Å². The molecule has 0 amide bonds. The number of rotatable bonds is 3. The van der Waals surface area contributed by atoms with Gasteiger partial charge in [0.15, 0.2) is 0 Å². The van der Waals surface area contributed by atoms with Crippen molar-refractivity contribution >= 4 is 0 Å². The molecule has 0 spiro atoms. The van der Waals surface area contributed by atoms with Crippen LogP contribution in [0.4, 0.5) is 0 Å². The smallest absolute Gasteiger partial charge is 0.226 e. The lowest BCUT2D eigenvalue weighted by atomic mass is 10.2. The van der Waals surface area contributed by atoms with E-state index in [9.17, 15) is 0 Å². The zero-order valence-corrected chi connectivity index (χ0v) is 12.0. The third kappa shape index (κ3) is 3.08. The monoisotopic (exact) mass is 272 g/mol. The lowest BCUT2D eigenvalue weighted by molar-refractivity contribution is -0.0707. The molecule has 3 rings (SSSR count). The van der Waals surface area contributed by atoms with Gasteiger partial charge in [-0.25, -0.2) is 4.98 Å². The van der Waals surface area contributed by atoms with Crippen LogP contribution in [-0.4, -0.2) is 35.2 Å². The van der Waals surface area contributed by atoms with Gasteiger partial charge in [-0.2, -0.15) is 0 Å². The highest BCUT2D eigenvalue weighted by Gasteiger charge is 2.23. The molecule has 2 heterocycles. The summed E-state index contributed by atoms with van der Waals surface area (Å²) in [4.78, 5) is 6.94. The second-order valence-corrected chi connectivity index (χ2v) is 5.46. The molecule has 1 saturated heterocycles. The summed E-state index contributed by atoms with van der Waals surface area (Å²) in [7, 11) is 0. The van der Waals surface area contributed by atoms with Crippen LogP contribution in [0.1, 0.15) is 19.5 Å². The number of ether oxygens (including phenoxy) is 1. The maximum atomic E-state index is 5.74. The van der Waals surface area contributed by atoms with Crippen LogP contribution in [0.2, 0.25) is 0 Å². The highest BCUT2D eigenvalue weighted by molar-refractivity contribution is 5.52. The van der Waals surface area contributed by atoms with E-state index in [4.69, 9.17) is 9.15 Å². The van der Waals surface area contributed by atoms with Gasteiger partial charge in [0.1, 0.15) is 6.26 Å². The van der Waals surface area contributed by atoms with E-state index in [1.165, 1.54) is 0 Å². The number of hydrogen-bond donors (Lipinski definition) is 0. The van der Waals surface area contributed by atoms with E-state index in [0.717, 1.165) is 30.9 Å². The standard InChI is InChI=1S/C16H20N2O2/c1-12-8-18(9-13(2)20-12)10-15-11-19-16(17-15)14-6-4-3-5-7-14/h3-7,11-13H,8-10H2,1-2H3. The Morgan fingerprint density at radius 3 is 2.55 bits per heavy atom. The summed E-state index contributed by atoms with van der Waals surface area (Å²) in [5.41, 5.74) is 1.99. The Hall–Kier alpha value is -1.65. The summed E-state index contributed by atoms with van der Waals surface area (Å²) >= 11 is 0. The molecule has 2 atom stereocenters. The van der Waals surface area contributed by atoms with Crippen molar-refractivity contribution in [3.05, 3.63) is 42.3 Å². The first-order chi connectivity index (χ1) is 9.70. The van der Waals surface area contributed by atoms with Crippen molar-refractivity contribution in [2.24, 2.45) is 0 Å². The fourth-order valence-corrected chi connectivity index (χ4v) is 2.74. The van der Waals surface area contributed by atoms with Gasteiger partial charge in [-0.1, -0.05) is 18.2 Å². The van der Waals surface area contributed by atoms with Crippen LogP contribution in [0.25, 0.3) is 11.5 Å². The Kier molecular flexibility index (Phi) is 3.85. The Morgan fingerprint density at radius 1 is 1.15 bits per heavy atom. The van der Waals surface area contributed by atoms with Gasteiger partial charge in [0, 0.05) is 25.2 Å². The minimum atomic E-state index is 0.277. The van der Waals surface area contributed by atoms with Crippen molar-refractivity contribution in [3.8, 4) is 11.5 Å². The maximum Gasteiger partial charge on any atom is 0.226 e. The first-order valence-corrected chi connectivity index (χ1v) is 7.08. The molecular formula is C16H20N2O2. The molecule has 1 aromatic carbocycles. The van der Waals surface area contributed by atoms with Crippen LogP contribution in [0, 0.1) is 0 Å². The molecule has 4 nitrogen and oxygen atoms in total. The largest absolute Gasteiger partial charge is 0.444 e. The van der Waals surface area contributed by atoms with Gasteiger partial charge < -0.3 is 9.15 Å². The number of nitrogens with zero attached hydrogens (tertiary/aromatic N) is 2. The van der Waals surface area contributed by atoms with Crippen molar-refractivity contribution < 1.29 is 9.15 Å². The number of hydrogen-bond acceptors (Lipinski definition) is 4. The predicted octanol–water partition coefficient (Wildman–Crippen LogP) is 2.95. The average molecular weight is 272 g/mol. The normalized spacial score (nSPS) is 23.9. The summed E-state index contributed by atoms with van der Waals surface area (Å²) in [6, 6.07) is 9.99. The van der Waals surface area contributed by atoms with Gasteiger partial charge in [0.2, 0.25) is 5.89 Å². The number of aromatic nitrogens is 1. The Labute approximate surface area is 119 Å². The topological polar surface area (TPSA) is 38.5 Å². The van der Waals surface area contributed by atoms with E-state index in [0.29, 0.717) is 5.89 Å². The van der Waals surface area contributed by atoms with Crippen molar-refractivity contribution in [2.75, 3.05) is 13.1 Å². The number of morpholine rings is 1. The third-order valence-electron chi connectivity index (χ3n) is 3.45. The zero-order valence-electron chi connectivity index (χ0n) is 12.0. The minimum absolute atomic E-state index is 0.277. The van der Waals surface area contributed by atoms with Crippen LogP contribution < -0.4 is 0 Å². The summed E-state index contributed by atoms with van der Waals surface area (Å²) in [6.07, 6.45) is 2.31. The zero-order chi connectivity index (χ0) is 13.9. The van der Waals surface area contributed by atoms with Crippen molar-refractivity contribution in [1.29, 1.82) is 0 Å². The highest BCUT2D eigenvalue weighted by atomic mass is 16.5. The molecule has 1 aliphatic heterocycles. The van der Waals surface area contributed by atoms with Crippen LogP contribution in [0.15, 0.2) is 41.0 Å². The summed E-state index contributed by atoms with van der Waals surface area (Å²) in [6.45, 7) is 6.92. The van der Waals surface area contributed by atoms with Crippen molar-refractivity contribution in [3.63, 3.8) is 0 Å². The predicted molar refractivity (Wildman–Crippen MR) is 77.2 cm³/mol. The third-order valence-corrected chi connectivity index (χ3v) is 3.45. The second kappa shape index (κ2) is 5.77.